The number of carbonyl (C=O) groups excluding carboxylic acids is 1. The quantitative estimate of drug-likeness (QED) is 0.249. The number of benzene rings is 2. The number of anilines is 1. The molecule has 1 amide bonds. The van der Waals surface area contributed by atoms with Crippen LogP contribution in [0.2, 0.25) is 0 Å². The molecule has 0 unspecified atom stereocenters. The molecule has 11 heteroatoms. The van der Waals surface area contributed by atoms with Crippen molar-refractivity contribution < 1.29 is 27.9 Å². The van der Waals surface area contributed by atoms with Crippen molar-refractivity contribution in [3.8, 4) is 11.1 Å². The molecule has 0 aliphatic carbocycles. The van der Waals surface area contributed by atoms with Gasteiger partial charge in [0.05, 0.1) is 34.1 Å². The largest absolute Gasteiger partial charge is 0.479 e. The number of fused-ring (bicyclic) bond motifs is 6. The molecule has 3 aliphatic rings. The van der Waals surface area contributed by atoms with Crippen LogP contribution in [0.1, 0.15) is 27.3 Å². The number of nitrogens with zero attached hydrogens (tertiary/aromatic N) is 2. The molecule has 46 heavy (non-hydrogen) atoms. The maximum absolute atomic E-state index is 13.7. The Morgan fingerprint density at radius 3 is 2.35 bits per heavy atom. The minimum absolute atomic E-state index is 0.0293. The molecule has 228 valence electrons. The van der Waals surface area contributed by atoms with Gasteiger partial charge in [-0.2, -0.15) is 13.2 Å². The summed E-state index contributed by atoms with van der Waals surface area (Å²) >= 11 is 0. The highest BCUT2D eigenvalue weighted by atomic mass is 19.4. The van der Waals surface area contributed by atoms with E-state index in [2.05, 4.69) is 25.3 Å². The van der Waals surface area contributed by atoms with Crippen molar-refractivity contribution in [2.24, 2.45) is 9.98 Å². The molecule has 3 aliphatic heterocycles. The highest BCUT2D eigenvalue weighted by Crippen LogP contribution is 2.33. The smallest absolute Gasteiger partial charge is 0.416 e. The Kier molecular flexibility index (Phi) is 6.81. The fraction of sp³-hybridized carbons (Fsp3) is 0.0857. The van der Waals surface area contributed by atoms with Gasteiger partial charge >= 0.3 is 12.1 Å². The predicted octanol–water partition coefficient (Wildman–Crippen LogP) is 5.28. The van der Waals surface area contributed by atoms with Gasteiger partial charge in [-0.05, 0) is 90.1 Å². The van der Waals surface area contributed by atoms with Gasteiger partial charge in [0.1, 0.15) is 0 Å². The third-order valence-electron chi connectivity index (χ3n) is 7.85. The zero-order chi connectivity index (χ0) is 32.1. The number of aromatic nitrogens is 2. The predicted molar refractivity (Wildman–Crippen MR) is 170 cm³/mol. The molecule has 8 bridgehead atoms. The monoisotopic (exact) mass is 619 g/mol. The number of H-pyrrole nitrogens is 2. The van der Waals surface area contributed by atoms with E-state index in [1.54, 1.807) is 54.6 Å². The Hall–Kier alpha value is -5.97. The topological polar surface area (TPSA) is 123 Å². The van der Waals surface area contributed by atoms with Crippen molar-refractivity contribution in [1.29, 1.82) is 0 Å². The molecule has 2 aromatic carbocycles. The minimum Gasteiger partial charge on any atom is -0.479 e. The van der Waals surface area contributed by atoms with Crippen molar-refractivity contribution >= 4 is 47.2 Å². The van der Waals surface area contributed by atoms with E-state index in [-0.39, 0.29) is 12.0 Å². The molecule has 0 saturated carbocycles. The number of aliphatic imine (C=N–C) groups is 2. The van der Waals surface area contributed by atoms with Crippen LogP contribution in [0.3, 0.4) is 0 Å². The van der Waals surface area contributed by atoms with Crippen LogP contribution in [-0.2, 0) is 17.4 Å². The molecule has 0 saturated heterocycles. The van der Waals surface area contributed by atoms with Crippen LogP contribution >= 0.6 is 0 Å². The van der Waals surface area contributed by atoms with Crippen molar-refractivity contribution in [3.63, 3.8) is 0 Å². The van der Waals surface area contributed by atoms with Gasteiger partial charge in [-0.25, -0.2) is 9.79 Å². The number of aromatic amines is 2. The van der Waals surface area contributed by atoms with E-state index in [0.717, 1.165) is 22.8 Å². The average molecular weight is 620 g/mol. The zero-order valence-electron chi connectivity index (χ0n) is 23.9. The Morgan fingerprint density at radius 2 is 1.61 bits per heavy atom. The van der Waals surface area contributed by atoms with Crippen LogP contribution in [0.4, 0.5) is 18.9 Å². The van der Waals surface area contributed by atoms with E-state index in [1.165, 1.54) is 12.1 Å². The second-order valence-corrected chi connectivity index (χ2v) is 11.1. The summed E-state index contributed by atoms with van der Waals surface area (Å²) in [7, 11) is 0. The highest BCUT2D eigenvalue weighted by Gasteiger charge is 2.39. The van der Waals surface area contributed by atoms with Crippen LogP contribution in [0.15, 0.2) is 107 Å². The summed E-state index contributed by atoms with van der Waals surface area (Å²) in [5, 5.41) is 14.7. The van der Waals surface area contributed by atoms with Gasteiger partial charge in [-0.1, -0.05) is 30.3 Å². The first-order valence-electron chi connectivity index (χ1n) is 14.2. The van der Waals surface area contributed by atoms with Crippen molar-refractivity contribution in [2.75, 3.05) is 5.32 Å². The lowest BCUT2D eigenvalue weighted by Crippen LogP contribution is -2.36. The minimum atomic E-state index is -4.48. The Bertz CT molecular complexity index is 2200. The third kappa shape index (κ3) is 5.54. The molecule has 2 aromatic heterocycles. The molecule has 1 atom stereocenters. The number of carboxylic acid groups (broad SMARTS) is 1. The fourth-order valence-corrected chi connectivity index (χ4v) is 5.61. The van der Waals surface area contributed by atoms with E-state index < -0.39 is 29.2 Å². The number of alkyl halides is 3. The molecule has 0 fully saturated rings. The number of rotatable bonds is 4. The zero-order valence-corrected chi connectivity index (χ0v) is 23.9. The summed E-state index contributed by atoms with van der Waals surface area (Å²) in [6, 6.07) is 16.6. The van der Waals surface area contributed by atoms with Gasteiger partial charge in [0.25, 0.3) is 5.91 Å². The van der Waals surface area contributed by atoms with Crippen molar-refractivity contribution in [1.82, 2.24) is 9.97 Å². The Morgan fingerprint density at radius 1 is 0.870 bits per heavy atom. The molecule has 5 heterocycles. The van der Waals surface area contributed by atoms with Crippen LogP contribution in [-0.4, -0.2) is 43.9 Å². The van der Waals surface area contributed by atoms with Crippen molar-refractivity contribution in [3.05, 3.63) is 130 Å². The molecule has 4 aromatic rings. The molecule has 0 spiro atoms. The number of aliphatic carboxylic acids is 1. The standard InChI is InChI=1S/C35H24F3N5O3/c36-35(37,38)21-7-5-20(6-8-21)28-3-1-2-4-29(28)32(44)42-31-18-27-19-34(33(45)46)14-13-26(43-34)16-24-10-9-22(39-24)15-23-11-12-25(40-23)17-30(31)41-27/h1-18,39,41H,19H2,(H,42,44)(H,45,46)/t34-/m1/s1. The summed E-state index contributed by atoms with van der Waals surface area (Å²) in [5.74, 6) is -1.63. The van der Waals surface area contributed by atoms with Crippen molar-refractivity contribution in [2.45, 2.75) is 18.1 Å². The number of halogens is 3. The first-order valence-corrected chi connectivity index (χ1v) is 14.2. The molecule has 8 nitrogen and oxygen atoms in total. The number of nitrogens with one attached hydrogen (secondary N) is 3. The van der Waals surface area contributed by atoms with Gasteiger partial charge in [0.15, 0.2) is 5.54 Å². The molecule has 0 radical (unpaired) electrons. The van der Waals surface area contributed by atoms with E-state index in [4.69, 9.17) is 0 Å². The maximum Gasteiger partial charge on any atom is 0.416 e. The second-order valence-electron chi connectivity index (χ2n) is 11.1. The Labute approximate surface area is 259 Å². The van der Waals surface area contributed by atoms with E-state index in [0.29, 0.717) is 45.3 Å². The summed E-state index contributed by atoms with van der Waals surface area (Å²) in [4.78, 5) is 42.0. The first-order chi connectivity index (χ1) is 22.0. The lowest BCUT2D eigenvalue weighted by Gasteiger charge is -2.18. The van der Waals surface area contributed by atoms with Gasteiger partial charge in [0, 0.05) is 28.4 Å². The van der Waals surface area contributed by atoms with Gasteiger partial charge in [-0.3, -0.25) is 9.79 Å². The summed E-state index contributed by atoms with van der Waals surface area (Å²) in [6.45, 7) is 0. The van der Waals surface area contributed by atoms with E-state index >= 15 is 0 Å². The number of amides is 1. The molecular formula is C35H24F3N5O3. The Balaban J connectivity index is 1.28. The molecular weight excluding hydrogens is 595 g/mol. The molecule has 7 rings (SSSR count). The number of allylic oxidation sites excluding steroid dienone is 3. The van der Waals surface area contributed by atoms with Crippen LogP contribution < -0.4 is 16.0 Å². The number of hydrogen-bond acceptors (Lipinski definition) is 4. The average Bonchev–Trinajstić information content (AvgIpc) is 3.82. The van der Waals surface area contributed by atoms with Gasteiger partial charge in [-0.15, -0.1) is 0 Å². The fourth-order valence-electron chi connectivity index (χ4n) is 5.61. The van der Waals surface area contributed by atoms with Crippen LogP contribution in [0.5, 0.6) is 0 Å². The number of carbonyl (C=O) groups is 2. The maximum atomic E-state index is 13.7. The number of hydrogen-bond donors (Lipinski definition) is 4. The number of carboxylic acids is 1. The summed E-state index contributed by atoms with van der Waals surface area (Å²) in [5.41, 5.74) is 1.91. The second kappa shape index (κ2) is 10.9. The SMILES string of the molecule is O=C(Nc1cc2[nH]c1C=C1C=CC(=N1)C=c1ccc([nH]1)=CC1=N[C@](C(=O)O)(C=C1)C2)c1ccccc1-c1ccc(C(F)(F)F)cc1. The lowest BCUT2D eigenvalue weighted by molar-refractivity contribution is -0.141. The van der Waals surface area contributed by atoms with Crippen LogP contribution in [0.25, 0.3) is 29.4 Å². The molecule has 4 N–H and O–H groups in total. The highest BCUT2D eigenvalue weighted by molar-refractivity contribution is 6.20. The van der Waals surface area contributed by atoms with E-state index in [9.17, 15) is 27.9 Å². The lowest BCUT2D eigenvalue weighted by atomic mass is 9.95. The normalized spacial score (nSPS) is 18.3. The summed E-state index contributed by atoms with van der Waals surface area (Å²) in [6.07, 6.45) is 7.75. The van der Waals surface area contributed by atoms with Gasteiger partial charge < -0.3 is 20.4 Å². The third-order valence-corrected chi connectivity index (χ3v) is 7.85. The van der Waals surface area contributed by atoms with E-state index in [1.807, 2.05) is 30.4 Å². The van der Waals surface area contributed by atoms with Gasteiger partial charge in [0.2, 0.25) is 0 Å². The van der Waals surface area contributed by atoms with Crippen LogP contribution in [0, 0.1) is 0 Å². The summed E-state index contributed by atoms with van der Waals surface area (Å²) < 4.78 is 39.5. The first kappa shape index (κ1) is 28.8.